The summed E-state index contributed by atoms with van der Waals surface area (Å²) in [6.07, 6.45) is -4.27. The number of nitrogens with zero attached hydrogens (tertiary/aromatic N) is 1. The van der Waals surface area contributed by atoms with Gasteiger partial charge in [0.25, 0.3) is 0 Å². The molecular formula is C10H10Cl2F3N. The summed E-state index contributed by atoms with van der Waals surface area (Å²) in [5.74, 6) is 0.123. The lowest BCUT2D eigenvalue weighted by molar-refractivity contribution is -0.119. The molecule has 0 N–H and O–H groups in total. The largest absolute Gasteiger partial charge is 0.405 e. The van der Waals surface area contributed by atoms with Crippen molar-refractivity contribution in [2.24, 2.45) is 0 Å². The van der Waals surface area contributed by atoms with E-state index >= 15 is 0 Å². The number of halogens is 5. The molecular weight excluding hydrogens is 262 g/mol. The molecule has 0 aliphatic heterocycles. The second kappa shape index (κ2) is 5.15. The molecule has 0 bridgehead atoms. The summed E-state index contributed by atoms with van der Waals surface area (Å²) in [4.78, 5) is 1.06. The van der Waals surface area contributed by atoms with E-state index in [1.165, 1.54) is 7.05 Å². The van der Waals surface area contributed by atoms with Gasteiger partial charge in [-0.2, -0.15) is 13.2 Å². The van der Waals surface area contributed by atoms with Gasteiger partial charge in [-0.1, -0.05) is 23.7 Å². The van der Waals surface area contributed by atoms with Crippen LogP contribution in [0.1, 0.15) is 5.56 Å². The van der Waals surface area contributed by atoms with Gasteiger partial charge in [0.2, 0.25) is 0 Å². The molecule has 1 rings (SSSR count). The number of hydrogen-bond donors (Lipinski definition) is 0. The van der Waals surface area contributed by atoms with Crippen molar-refractivity contribution in [3.63, 3.8) is 0 Å². The zero-order valence-electron chi connectivity index (χ0n) is 8.48. The predicted octanol–water partition coefficient (Wildman–Crippen LogP) is 4.08. The highest BCUT2D eigenvalue weighted by Crippen LogP contribution is 2.32. The maximum atomic E-state index is 12.2. The van der Waals surface area contributed by atoms with Gasteiger partial charge in [0.15, 0.2) is 0 Å². The van der Waals surface area contributed by atoms with E-state index in [4.69, 9.17) is 23.2 Å². The number of benzene rings is 1. The Labute approximate surface area is 102 Å². The van der Waals surface area contributed by atoms with Crippen molar-refractivity contribution in [1.82, 2.24) is 0 Å². The van der Waals surface area contributed by atoms with E-state index in [9.17, 15) is 13.2 Å². The molecule has 90 valence electrons. The van der Waals surface area contributed by atoms with Crippen LogP contribution in [-0.4, -0.2) is 19.8 Å². The molecule has 1 aromatic rings. The summed E-state index contributed by atoms with van der Waals surface area (Å²) in [6.45, 7) is -1.05. The number of hydrogen-bond acceptors (Lipinski definition) is 1. The zero-order valence-corrected chi connectivity index (χ0v) is 10.00. The van der Waals surface area contributed by atoms with E-state index in [0.29, 0.717) is 11.3 Å². The Morgan fingerprint density at radius 3 is 2.44 bits per heavy atom. The molecule has 0 saturated heterocycles. The monoisotopic (exact) mass is 271 g/mol. The van der Waals surface area contributed by atoms with Crippen LogP contribution in [0, 0.1) is 0 Å². The van der Waals surface area contributed by atoms with Crippen LogP contribution < -0.4 is 4.90 Å². The lowest BCUT2D eigenvalue weighted by Crippen LogP contribution is -2.31. The van der Waals surface area contributed by atoms with Crippen molar-refractivity contribution in [2.45, 2.75) is 12.1 Å². The van der Waals surface area contributed by atoms with E-state index in [1.807, 2.05) is 0 Å². The fourth-order valence-corrected chi connectivity index (χ4v) is 2.00. The molecule has 0 spiro atoms. The van der Waals surface area contributed by atoms with Crippen molar-refractivity contribution >= 4 is 28.9 Å². The van der Waals surface area contributed by atoms with Crippen LogP contribution >= 0.6 is 23.2 Å². The van der Waals surface area contributed by atoms with Crippen LogP contribution in [-0.2, 0) is 5.88 Å². The third kappa shape index (κ3) is 3.46. The Morgan fingerprint density at radius 2 is 1.94 bits per heavy atom. The summed E-state index contributed by atoms with van der Waals surface area (Å²) in [7, 11) is 1.34. The second-order valence-corrected chi connectivity index (χ2v) is 4.03. The maximum Gasteiger partial charge on any atom is 0.405 e. The zero-order chi connectivity index (χ0) is 12.3. The SMILES string of the molecule is CN(CC(F)(F)F)c1c(Cl)cccc1CCl. The van der Waals surface area contributed by atoms with Gasteiger partial charge < -0.3 is 4.90 Å². The molecule has 0 saturated carbocycles. The predicted molar refractivity (Wildman–Crippen MR) is 60.3 cm³/mol. The lowest BCUT2D eigenvalue weighted by atomic mass is 10.2. The molecule has 0 radical (unpaired) electrons. The molecule has 0 heterocycles. The van der Waals surface area contributed by atoms with Crippen LogP contribution in [0.2, 0.25) is 5.02 Å². The van der Waals surface area contributed by atoms with Crippen molar-refractivity contribution in [2.75, 3.05) is 18.5 Å². The minimum Gasteiger partial charge on any atom is -0.364 e. The first-order valence-electron chi connectivity index (χ1n) is 4.46. The summed E-state index contributed by atoms with van der Waals surface area (Å²) < 4.78 is 36.7. The fraction of sp³-hybridized carbons (Fsp3) is 0.400. The van der Waals surface area contributed by atoms with E-state index in [-0.39, 0.29) is 10.9 Å². The highest BCUT2D eigenvalue weighted by molar-refractivity contribution is 6.33. The molecule has 0 aromatic heterocycles. The van der Waals surface area contributed by atoms with E-state index < -0.39 is 12.7 Å². The average molecular weight is 272 g/mol. The summed E-state index contributed by atoms with van der Waals surface area (Å²) in [5.41, 5.74) is 0.914. The smallest absolute Gasteiger partial charge is 0.364 e. The number of para-hydroxylation sites is 1. The van der Waals surface area contributed by atoms with Gasteiger partial charge >= 0.3 is 6.18 Å². The van der Waals surface area contributed by atoms with Crippen molar-refractivity contribution < 1.29 is 13.2 Å². The Hall–Kier alpha value is -0.610. The first kappa shape index (κ1) is 13.5. The quantitative estimate of drug-likeness (QED) is 0.749. The van der Waals surface area contributed by atoms with Crippen LogP contribution in [0.15, 0.2) is 18.2 Å². The summed E-state index contributed by atoms with van der Waals surface area (Å²) in [6, 6.07) is 4.85. The third-order valence-electron chi connectivity index (χ3n) is 2.01. The van der Waals surface area contributed by atoms with Gasteiger partial charge in [0.05, 0.1) is 10.7 Å². The van der Waals surface area contributed by atoms with E-state index in [0.717, 1.165) is 4.90 Å². The van der Waals surface area contributed by atoms with Gasteiger partial charge in [-0.3, -0.25) is 0 Å². The Morgan fingerprint density at radius 1 is 1.31 bits per heavy atom. The molecule has 1 nitrogen and oxygen atoms in total. The van der Waals surface area contributed by atoms with E-state index in [1.54, 1.807) is 18.2 Å². The first-order chi connectivity index (χ1) is 7.35. The molecule has 16 heavy (non-hydrogen) atoms. The van der Waals surface area contributed by atoms with Gasteiger partial charge in [0, 0.05) is 12.9 Å². The molecule has 0 amide bonds. The number of anilines is 1. The Bertz CT molecular complexity index is 366. The molecule has 0 atom stereocenters. The maximum absolute atomic E-state index is 12.2. The average Bonchev–Trinajstić information content (AvgIpc) is 2.14. The number of alkyl halides is 4. The second-order valence-electron chi connectivity index (χ2n) is 3.35. The standard InChI is InChI=1S/C10H10Cl2F3N/c1-16(6-10(13,14)15)9-7(5-11)3-2-4-8(9)12/h2-4H,5-6H2,1H3. The summed E-state index contributed by atoms with van der Waals surface area (Å²) in [5, 5.41) is 0.268. The van der Waals surface area contributed by atoms with Crippen LogP contribution in [0.25, 0.3) is 0 Å². The minimum atomic E-state index is -4.27. The van der Waals surface area contributed by atoms with Crippen LogP contribution in [0.5, 0.6) is 0 Å². The van der Waals surface area contributed by atoms with Gasteiger partial charge in [-0.25, -0.2) is 0 Å². The third-order valence-corrected chi connectivity index (χ3v) is 2.61. The number of rotatable bonds is 3. The molecule has 0 fully saturated rings. The van der Waals surface area contributed by atoms with Crippen molar-refractivity contribution in [1.29, 1.82) is 0 Å². The normalized spacial score (nSPS) is 11.6. The van der Waals surface area contributed by atoms with Gasteiger partial charge in [-0.05, 0) is 11.6 Å². The topological polar surface area (TPSA) is 3.24 Å². The molecule has 0 unspecified atom stereocenters. The summed E-state index contributed by atoms with van der Waals surface area (Å²) >= 11 is 11.5. The first-order valence-corrected chi connectivity index (χ1v) is 5.37. The van der Waals surface area contributed by atoms with Gasteiger partial charge in [-0.15, -0.1) is 11.6 Å². The lowest BCUT2D eigenvalue weighted by Gasteiger charge is -2.24. The van der Waals surface area contributed by atoms with Crippen LogP contribution in [0.4, 0.5) is 18.9 Å². The fourth-order valence-electron chi connectivity index (χ4n) is 1.44. The van der Waals surface area contributed by atoms with Crippen molar-refractivity contribution in [3.05, 3.63) is 28.8 Å². The Kier molecular flexibility index (Phi) is 4.33. The van der Waals surface area contributed by atoms with Crippen LogP contribution in [0.3, 0.4) is 0 Å². The molecule has 0 aliphatic rings. The minimum absolute atomic E-state index is 0.123. The van der Waals surface area contributed by atoms with E-state index in [2.05, 4.69) is 0 Å². The Balaban J connectivity index is 3.02. The van der Waals surface area contributed by atoms with Gasteiger partial charge in [0.1, 0.15) is 6.54 Å². The molecule has 1 aromatic carbocycles. The highest BCUT2D eigenvalue weighted by Gasteiger charge is 2.30. The van der Waals surface area contributed by atoms with Crippen molar-refractivity contribution in [3.8, 4) is 0 Å². The molecule has 0 aliphatic carbocycles. The highest BCUT2D eigenvalue weighted by atomic mass is 35.5. The molecule has 6 heteroatoms.